The summed E-state index contributed by atoms with van der Waals surface area (Å²) in [5, 5.41) is 7.05. The van der Waals surface area contributed by atoms with Crippen LogP contribution in [0.15, 0.2) is 30.5 Å². The molecule has 2 rings (SSSR count). The van der Waals surface area contributed by atoms with Gasteiger partial charge in [-0.05, 0) is 24.3 Å². The van der Waals surface area contributed by atoms with E-state index in [1.165, 1.54) is 0 Å². The molecule has 0 unspecified atom stereocenters. The van der Waals surface area contributed by atoms with Crippen LogP contribution in [0.25, 0.3) is 0 Å². The molecule has 0 atom stereocenters. The number of carbonyl (C=O) groups excluding carboxylic acids is 1. The lowest BCUT2D eigenvalue weighted by molar-refractivity contribution is 0.102. The van der Waals surface area contributed by atoms with Crippen LogP contribution in [0.4, 0.5) is 11.4 Å². The van der Waals surface area contributed by atoms with Crippen LogP contribution in [0.5, 0.6) is 0 Å². The molecular formula is C11H11ClN4O. The number of halogens is 1. The van der Waals surface area contributed by atoms with Gasteiger partial charge in [0.25, 0.3) is 5.91 Å². The molecule has 0 saturated heterocycles. The summed E-state index contributed by atoms with van der Waals surface area (Å²) in [4.78, 5) is 11.8. The smallest absolute Gasteiger partial charge is 0.276 e. The van der Waals surface area contributed by atoms with Crippen molar-refractivity contribution in [2.75, 3.05) is 11.1 Å². The predicted octanol–water partition coefficient (Wildman–Crippen LogP) is 1.91. The Kier molecular flexibility index (Phi) is 3.01. The van der Waals surface area contributed by atoms with Crippen LogP contribution in [-0.4, -0.2) is 15.7 Å². The highest BCUT2D eigenvalue weighted by atomic mass is 35.5. The Morgan fingerprint density at radius 3 is 2.82 bits per heavy atom. The fraction of sp³-hybridized carbons (Fsp3) is 0.0909. The van der Waals surface area contributed by atoms with Crippen LogP contribution in [0.1, 0.15) is 10.5 Å². The van der Waals surface area contributed by atoms with E-state index in [-0.39, 0.29) is 5.91 Å². The number of hydrogen-bond donors (Lipinski definition) is 2. The Morgan fingerprint density at radius 1 is 1.47 bits per heavy atom. The van der Waals surface area contributed by atoms with Gasteiger partial charge < -0.3 is 11.1 Å². The molecule has 88 valence electrons. The number of carbonyl (C=O) groups is 1. The summed E-state index contributed by atoms with van der Waals surface area (Å²) < 4.78 is 1.56. The molecule has 6 heteroatoms. The van der Waals surface area contributed by atoms with Crippen molar-refractivity contribution in [2.45, 2.75) is 0 Å². The van der Waals surface area contributed by atoms with Gasteiger partial charge in [-0.2, -0.15) is 5.10 Å². The molecule has 1 aromatic heterocycles. The third-order valence-corrected chi connectivity index (χ3v) is 2.50. The first-order chi connectivity index (χ1) is 8.06. The number of anilines is 2. The van der Waals surface area contributed by atoms with Crippen molar-refractivity contribution < 1.29 is 4.79 Å². The van der Waals surface area contributed by atoms with Gasteiger partial charge >= 0.3 is 0 Å². The number of hydrogen-bond acceptors (Lipinski definition) is 3. The van der Waals surface area contributed by atoms with Gasteiger partial charge in [0.05, 0.1) is 10.7 Å². The van der Waals surface area contributed by atoms with E-state index in [1.807, 2.05) is 0 Å². The summed E-state index contributed by atoms with van der Waals surface area (Å²) in [6.45, 7) is 0. The number of nitrogens with one attached hydrogen (secondary N) is 1. The molecule has 0 aliphatic carbocycles. The van der Waals surface area contributed by atoms with Crippen LogP contribution in [-0.2, 0) is 7.05 Å². The summed E-state index contributed by atoms with van der Waals surface area (Å²) in [5.41, 5.74) is 6.95. The van der Waals surface area contributed by atoms with Crippen LogP contribution in [0.3, 0.4) is 0 Å². The average molecular weight is 251 g/mol. The topological polar surface area (TPSA) is 72.9 Å². The minimum absolute atomic E-state index is 0.308. The molecule has 3 N–H and O–H groups in total. The fourth-order valence-corrected chi connectivity index (χ4v) is 1.59. The molecular weight excluding hydrogens is 240 g/mol. The van der Waals surface area contributed by atoms with E-state index in [9.17, 15) is 4.79 Å². The highest BCUT2D eigenvalue weighted by Gasteiger charge is 2.10. The van der Waals surface area contributed by atoms with Crippen molar-refractivity contribution in [3.63, 3.8) is 0 Å². The SMILES string of the molecule is Cn1ccc(C(=O)Nc2ccc(N)cc2Cl)n1. The van der Waals surface area contributed by atoms with E-state index < -0.39 is 0 Å². The molecule has 0 aliphatic heterocycles. The lowest BCUT2D eigenvalue weighted by atomic mass is 10.2. The Bertz CT molecular complexity index is 564. The first kappa shape index (κ1) is 11.5. The number of rotatable bonds is 2. The van der Waals surface area contributed by atoms with E-state index in [2.05, 4.69) is 10.4 Å². The van der Waals surface area contributed by atoms with Crippen molar-refractivity contribution in [1.29, 1.82) is 0 Å². The first-order valence-electron chi connectivity index (χ1n) is 4.92. The second-order valence-electron chi connectivity index (χ2n) is 3.57. The molecule has 17 heavy (non-hydrogen) atoms. The second-order valence-corrected chi connectivity index (χ2v) is 3.98. The maximum atomic E-state index is 11.8. The minimum atomic E-state index is -0.308. The maximum absolute atomic E-state index is 11.8. The molecule has 5 nitrogen and oxygen atoms in total. The standard InChI is InChI=1S/C11H11ClN4O/c1-16-5-4-10(15-16)11(17)14-9-3-2-7(13)6-8(9)12/h2-6H,13H2,1H3,(H,14,17). The second kappa shape index (κ2) is 4.47. The predicted molar refractivity (Wildman–Crippen MR) is 67.0 cm³/mol. The molecule has 0 spiro atoms. The lowest BCUT2D eigenvalue weighted by Crippen LogP contribution is -2.13. The van der Waals surface area contributed by atoms with E-state index in [4.69, 9.17) is 17.3 Å². The molecule has 1 heterocycles. The molecule has 0 bridgehead atoms. The molecule has 0 aliphatic rings. The summed E-state index contributed by atoms with van der Waals surface area (Å²) in [7, 11) is 1.74. The number of nitrogens with zero attached hydrogens (tertiary/aromatic N) is 2. The average Bonchev–Trinajstić information content (AvgIpc) is 2.69. The highest BCUT2D eigenvalue weighted by molar-refractivity contribution is 6.34. The van der Waals surface area contributed by atoms with Crippen LogP contribution < -0.4 is 11.1 Å². The Labute approximate surface area is 103 Å². The normalized spacial score (nSPS) is 10.2. The van der Waals surface area contributed by atoms with Crippen LogP contribution >= 0.6 is 11.6 Å². The number of benzene rings is 1. The zero-order valence-corrected chi connectivity index (χ0v) is 9.90. The Morgan fingerprint density at radius 2 is 2.24 bits per heavy atom. The van der Waals surface area contributed by atoms with Gasteiger partial charge in [-0.15, -0.1) is 0 Å². The number of amides is 1. The van der Waals surface area contributed by atoms with Crippen molar-refractivity contribution in [3.05, 3.63) is 41.2 Å². The van der Waals surface area contributed by atoms with Gasteiger partial charge in [0, 0.05) is 18.9 Å². The van der Waals surface area contributed by atoms with Gasteiger partial charge in [0.15, 0.2) is 5.69 Å². The van der Waals surface area contributed by atoms with Crippen LogP contribution in [0.2, 0.25) is 5.02 Å². The van der Waals surface area contributed by atoms with Crippen molar-refractivity contribution in [1.82, 2.24) is 9.78 Å². The van der Waals surface area contributed by atoms with Crippen molar-refractivity contribution in [3.8, 4) is 0 Å². The third-order valence-electron chi connectivity index (χ3n) is 2.19. The number of aryl methyl sites for hydroxylation is 1. The Hall–Kier alpha value is -2.01. The van der Waals surface area contributed by atoms with Gasteiger partial charge in [0.2, 0.25) is 0 Å². The minimum Gasteiger partial charge on any atom is -0.399 e. The summed E-state index contributed by atoms with van der Waals surface area (Å²) in [6, 6.07) is 6.52. The molecule has 1 aromatic carbocycles. The van der Waals surface area contributed by atoms with Crippen LogP contribution in [0, 0.1) is 0 Å². The summed E-state index contributed by atoms with van der Waals surface area (Å²) in [5.74, 6) is -0.308. The quantitative estimate of drug-likeness (QED) is 0.800. The summed E-state index contributed by atoms with van der Waals surface area (Å²) in [6.07, 6.45) is 1.69. The number of nitrogens with two attached hydrogens (primary N) is 1. The monoisotopic (exact) mass is 250 g/mol. The highest BCUT2D eigenvalue weighted by Crippen LogP contribution is 2.24. The zero-order chi connectivity index (χ0) is 12.4. The molecule has 0 radical (unpaired) electrons. The third kappa shape index (κ3) is 2.57. The lowest BCUT2D eigenvalue weighted by Gasteiger charge is -2.06. The number of nitrogen functional groups attached to an aromatic ring is 1. The van der Waals surface area contributed by atoms with Gasteiger partial charge in [-0.3, -0.25) is 9.48 Å². The largest absolute Gasteiger partial charge is 0.399 e. The maximum Gasteiger partial charge on any atom is 0.276 e. The van der Waals surface area contributed by atoms with E-state index in [1.54, 1.807) is 42.2 Å². The summed E-state index contributed by atoms with van der Waals surface area (Å²) >= 11 is 5.95. The van der Waals surface area contributed by atoms with E-state index >= 15 is 0 Å². The van der Waals surface area contributed by atoms with E-state index in [0.29, 0.717) is 22.1 Å². The molecule has 0 saturated carbocycles. The zero-order valence-electron chi connectivity index (χ0n) is 9.14. The van der Waals surface area contributed by atoms with Crippen molar-refractivity contribution >= 4 is 28.9 Å². The Balaban J connectivity index is 2.18. The van der Waals surface area contributed by atoms with Gasteiger partial charge in [-0.1, -0.05) is 11.6 Å². The molecule has 0 fully saturated rings. The van der Waals surface area contributed by atoms with Crippen molar-refractivity contribution in [2.24, 2.45) is 7.05 Å². The number of aromatic nitrogens is 2. The van der Waals surface area contributed by atoms with Gasteiger partial charge in [-0.25, -0.2) is 0 Å². The molecule has 1 amide bonds. The first-order valence-corrected chi connectivity index (χ1v) is 5.30. The van der Waals surface area contributed by atoms with Gasteiger partial charge in [0.1, 0.15) is 0 Å². The fourth-order valence-electron chi connectivity index (χ4n) is 1.36. The van der Waals surface area contributed by atoms with E-state index in [0.717, 1.165) is 0 Å². The molecule has 2 aromatic rings.